The molecular weight excluding hydrogens is 294 g/mol. The quantitative estimate of drug-likeness (QED) is 0.491. The van der Waals surface area contributed by atoms with Crippen LogP contribution in [0.4, 0.5) is 0 Å². The van der Waals surface area contributed by atoms with Gasteiger partial charge in [-0.3, -0.25) is 4.55 Å². The number of hydrogen-bond donors (Lipinski definition) is 1. The average molecular weight is 318 g/mol. The van der Waals surface area contributed by atoms with Gasteiger partial charge in [0, 0.05) is 0 Å². The molecule has 7 heteroatoms. The Labute approximate surface area is 119 Å². The summed E-state index contributed by atoms with van der Waals surface area (Å²) in [6.07, 6.45) is 0. The smallest absolute Gasteiger partial charge is 0.273 e. The molecule has 0 bridgehead atoms. The SMILES string of the molecule is C[Si](C)(C)C#CCN(CC#C[Si](C)(C)C)S(=O)(=O)O. The van der Waals surface area contributed by atoms with Crippen LogP contribution in [-0.4, -0.2) is 46.5 Å². The molecule has 0 aliphatic carbocycles. The van der Waals surface area contributed by atoms with Gasteiger partial charge in [-0.05, 0) is 0 Å². The van der Waals surface area contributed by atoms with Crippen LogP contribution in [0, 0.1) is 22.9 Å². The van der Waals surface area contributed by atoms with Gasteiger partial charge in [0.25, 0.3) is 0 Å². The largest absolute Gasteiger partial charge is 0.337 e. The zero-order chi connectivity index (χ0) is 15.3. The molecule has 0 unspecified atom stereocenters. The Morgan fingerprint density at radius 2 is 1.21 bits per heavy atom. The van der Waals surface area contributed by atoms with Crippen molar-refractivity contribution in [2.75, 3.05) is 13.1 Å². The Bertz CT molecular complexity index is 488. The van der Waals surface area contributed by atoms with Crippen LogP contribution in [0.5, 0.6) is 0 Å². The summed E-state index contributed by atoms with van der Waals surface area (Å²) in [6.45, 7) is 12.4. The summed E-state index contributed by atoms with van der Waals surface area (Å²) in [5.74, 6) is 5.64. The summed E-state index contributed by atoms with van der Waals surface area (Å²) in [6, 6.07) is 0. The third-order valence-corrected chi connectivity index (χ3v) is 4.53. The second-order valence-electron chi connectivity index (χ2n) is 6.35. The van der Waals surface area contributed by atoms with Gasteiger partial charge in [-0.1, -0.05) is 51.1 Å². The minimum atomic E-state index is -4.24. The molecule has 0 aliphatic rings. The van der Waals surface area contributed by atoms with Gasteiger partial charge in [-0.15, -0.1) is 11.1 Å². The Morgan fingerprint density at radius 1 is 0.895 bits per heavy atom. The molecule has 4 nitrogen and oxygen atoms in total. The molecule has 0 rings (SSSR count). The van der Waals surface area contributed by atoms with Gasteiger partial charge in [-0.2, -0.15) is 12.7 Å². The molecule has 0 spiro atoms. The Morgan fingerprint density at radius 3 is 1.42 bits per heavy atom. The molecule has 0 aliphatic heterocycles. The molecule has 0 saturated carbocycles. The highest BCUT2D eigenvalue weighted by Gasteiger charge is 2.17. The van der Waals surface area contributed by atoms with Gasteiger partial charge in [0.15, 0.2) is 0 Å². The van der Waals surface area contributed by atoms with E-state index in [1.807, 2.05) is 0 Å². The van der Waals surface area contributed by atoms with Gasteiger partial charge in [0.05, 0.1) is 13.1 Å². The third-order valence-electron chi connectivity index (χ3n) is 1.76. The standard InChI is InChI=1S/C12H23NO3SSi2/c1-18(2,3)11-7-9-13(17(14,15)16)10-8-12-19(4,5)6/h9-10H2,1-6H3,(H,14,15,16). The molecule has 0 aromatic heterocycles. The average Bonchev–Trinajstić information content (AvgIpc) is 2.09. The lowest BCUT2D eigenvalue weighted by Gasteiger charge is -2.13. The van der Waals surface area contributed by atoms with Crippen LogP contribution in [0.3, 0.4) is 0 Å². The molecule has 108 valence electrons. The highest BCUT2D eigenvalue weighted by atomic mass is 32.2. The molecule has 0 saturated heterocycles. The number of nitrogens with zero attached hydrogens (tertiary/aromatic N) is 1. The zero-order valence-corrected chi connectivity index (χ0v) is 15.3. The van der Waals surface area contributed by atoms with Crippen LogP contribution in [0.1, 0.15) is 0 Å². The highest BCUT2D eigenvalue weighted by molar-refractivity contribution is 7.83. The van der Waals surface area contributed by atoms with Crippen molar-refractivity contribution in [3.05, 3.63) is 0 Å². The van der Waals surface area contributed by atoms with Crippen molar-refractivity contribution < 1.29 is 13.0 Å². The highest BCUT2D eigenvalue weighted by Crippen LogP contribution is 2.00. The minimum Gasteiger partial charge on any atom is -0.273 e. The monoisotopic (exact) mass is 317 g/mol. The van der Waals surface area contributed by atoms with E-state index in [0.29, 0.717) is 0 Å². The van der Waals surface area contributed by atoms with Gasteiger partial charge in [0.2, 0.25) is 0 Å². The third kappa shape index (κ3) is 11.0. The molecule has 0 fully saturated rings. The Hall–Kier alpha value is -0.576. The van der Waals surface area contributed by atoms with Crippen LogP contribution >= 0.6 is 0 Å². The summed E-state index contributed by atoms with van der Waals surface area (Å²) < 4.78 is 32.4. The molecule has 19 heavy (non-hydrogen) atoms. The number of rotatable bonds is 3. The predicted molar refractivity (Wildman–Crippen MR) is 85.4 cm³/mol. The summed E-state index contributed by atoms with van der Waals surface area (Å²) >= 11 is 0. The summed E-state index contributed by atoms with van der Waals surface area (Å²) in [7, 11) is -7.32. The van der Waals surface area contributed by atoms with Crippen molar-refractivity contribution in [3.8, 4) is 22.9 Å². The van der Waals surface area contributed by atoms with Crippen LogP contribution < -0.4 is 0 Å². The summed E-state index contributed by atoms with van der Waals surface area (Å²) in [4.78, 5) is 0. The lowest BCUT2D eigenvalue weighted by Crippen LogP contribution is -2.32. The van der Waals surface area contributed by atoms with E-state index in [1.54, 1.807) is 0 Å². The predicted octanol–water partition coefficient (Wildman–Crippen LogP) is 1.85. The molecule has 0 aromatic rings. The van der Waals surface area contributed by atoms with Crippen LogP contribution in [0.2, 0.25) is 39.3 Å². The molecular formula is C12H23NO3SSi2. The van der Waals surface area contributed by atoms with E-state index >= 15 is 0 Å². The van der Waals surface area contributed by atoms with Crippen molar-refractivity contribution in [2.45, 2.75) is 39.3 Å². The topological polar surface area (TPSA) is 57.6 Å². The molecule has 0 aromatic carbocycles. The first-order chi connectivity index (χ1) is 8.31. The van der Waals surface area contributed by atoms with Crippen molar-refractivity contribution in [1.82, 2.24) is 4.31 Å². The van der Waals surface area contributed by atoms with Crippen LogP contribution in [0.25, 0.3) is 0 Å². The van der Waals surface area contributed by atoms with E-state index in [9.17, 15) is 8.42 Å². The first kappa shape index (κ1) is 18.4. The van der Waals surface area contributed by atoms with E-state index in [0.717, 1.165) is 4.31 Å². The van der Waals surface area contributed by atoms with Crippen molar-refractivity contribution in [2.24, 2.45) is 0 Å². The first-order valence-electron chi connectivity index (χ1n) is 6.04. The second-order valence-corrected chi connectivity index (χ2v) is 17.3. The van der Waals surface area contributed by atoms with E-state index in [4.69, 9.17) is 4.55 Å². The van der Waals surface area contributed by atoms with E-state index in [-0.39, 0.29) is 13.1 Å². The second kappa shape index (κ2) is 6.73. The van der Waals surface area contributed by atoms with E-state index in [1.165, 1.54) is 0 Å². The fourth-order valence-corrected chi connectivity index (χ4v) is 2.68. The van der Waals surface area contributed by atoms with E-state index in [2.05, 4.69) is 62.2 Å². The zero-order valence-electron chi connectivity index (χ0n) is 12.5. The summed E-state index contributed by atoms with van der Waals surface area (Å²) in [5.41, 5.74) is 6.13. The fraction of sp³-hybridized carbons (Fsp3) is 0.667. The maximum Gasteiger partial charge on any atom is 0.337 e. The van der Waals surface area contributed by atoms with E-state index < -0.39 is 26.5 Å². The summed E-state index contributed by atoms with van der Waals surface area (Å²) in [5, 5.41) is 0. The maximum absolute atomic E-state index is 11.2. The maximum atomic E-state index is 11.2. The van der Waals surface area contributed by atoms with Crippen LogP contribution in [-0.2, 0) is 10.3 Å². The Balaban J connectivity index is 4.86. The normalized spacial score (nSPS) is 12.4. The van der Waals surface area contributed by atoms with Gasteiger partial charge >= 0.3 is 10.3 Å². The van der Waals surface area contributed by atoms with Gasteiger partial charge in [0.1, 0.15) is 16.1 Å². The van der Waals surface area contributed by atoms with Gasteiger partial charge < -0.3 is 0 Å². The van der Waals surface area contributed by atoms with Crippen molar-refractivity contribution >= 4 is 26.5 Å². The number of hydrogen-bond acceptors (Lipinski definition) is 2. The molecule has 0 radical (unpaired) electrons. The lowest BCUT2D eigenvalue weighted by molar-refractivity contribution is 0.393. The van der Waals surface area contributed by atoms with Crippen molar-refractivity contribution in [1.29, 1.82) is 0 Å². The Kier molecular flexibility index (Phi) is 6.53. The minimum absolute atomic E-state index is 0.0104. The first-order valence-corrected chi connectivity index (χ1v) is 14.4. The molecule has 0 amide bonds. The fourth-order valence-electron chi connectivity index (χ4n) is 1.00. The van der Waals surface area contributed by atoms with Crippen molar-refractivity contribution in [3.63, 3.8) is 0 Å². The lowest BCUT2D eigenvalue weighted by atomic mass is 10.6. The van der Waals surface area contributed by atoms with Gasteiger partial charge in [-0.25, -0.2) is 0 Å². The molecule has 1 N–H and O–H groups in total. The molecule has 0 heterocycles. The van der Waals surface area contributed by atoms with Crippen LogP contribution in [0.15, 0.2) is 0 Å². The molecule has 0 atom stereocenters.